The van der Waals surface area contributed by atoms with Gasteiger partial charge in [-0.05, 0) is 31.7 Å². The van der Waals surface area contributed by atoms with Crippen LogP contribution in [0.1, 0.15) is 29.7 Å². The van der Waals surface area contributed by atoms with Crippen molar-refractivity contribution in [2.24, 2.45) is 0 Å². The second-order valence-electron chi connectivity index (χ2n) is 6.10. The van der Waals surface area contributed by atoms with Crippen molar-refractivity contribution < 1.29 is 18.8 Å². The van der Waals surface area contributed by atoms with Gasteiger partial charge in [0.1, 0.15) is 11.6 Å². The van der Waals surface area contributed by atoms with E-state index >= 15 is 0 Å². The summed E-state index contributed by atoms with van der Waals surface area (Å²) in [5.74, 6) is 0.370. The van der Waals surface area contributed by atoms with Gasteiger partial charge in [0, 0.05) is 35.8 Å². The molecule has 25 heavy (non-hydrogen) atoms. The van der Waals surface area contributed by atoms with Crippen LogP contribution in [0.4, 0.5) is 10.1 Å². The Labute approximate surface area is 144 Å². The highest BCUT2D eigenvalue weighted by molar-refractivity contribution is 5.50. The lowest BCUT2D eigenvalue weighted by molar-refractivity contribution is -0.385. The third-order valence-corrected chi connectivity index (χ3v) is 4.42. The van der Waals surface area contributed by atoms with Gasteiger partial charge in [0.05, 0.1) is 11.5 Å². The average molecular weight is 346 g/mol. The molecule has 132 valence electrons. The maximum atomic E-state index is 13.1. The first-order valence-electron chi connectivity index (χ1n) is 7.92. The van der Waals surface area contributed by atoms with E-state index in [-0.39, 0.29) is 24.3 Å². The number of hydrogen-bond donors (Lipinski definition) is 0. The average Bonchev–Trinajstić information content (AvgIpc) is 2.61. The molecule has 0 aromatic heterocycles. The molecule has 1 heterocycles. The van der Waals surface area contributed by atoms with E-state index in [0.29, 0.717) is 24.5 Å². The van der Waals surface area contributed by atoms with E-state index in [1.165, 1.54) is 24.3 Å². The summed E-state index contributed by atoms with van der Waals surface area (Å²) in [5.41, 5.74) is 2.40. The fourth-order valence-electron chi connectivity index (χ4n) is 2.91. The second-order valence-corrected chi connectivity index (χ2v) is 6.10. The number of halogens is 1. The lowest BCUT2D eigenvalue weighted by atomic mass is 10.0. The molecule has 0 unspecified atom stereocenters. The van der Waals surface area contributed by atoms with E-state index < -0.39 is 4.92 Å². The third-order valence-electron chi connectivity index (χ3n) is 4.42. The van der Waals surface area contributed by atoms with Crippen LogP contribution in [0.2, 0.25) is 0 Å². The van der Waals surface area contributed by atoms with Crippen LogP contribution < -0.4 is 4.74 Å². The van der Waals surface area contributed by atoms with Crippen LogP contribution in [0.25, 0.3) is 0 Å². The number of benzene rings is 2. The summed E-state index contributed by atoms with van der Waals surface area (Å²) in [7, 11) is 1.92. The van der Waals surface area contributed by atoms with Crippen molar-refractivity contribution in [3.05, 3.63) is 69.0 Å². The number of non-ortho nitro benzene ring substituents is 1. The highest BCUT2D eigenvalue weighted by Crippen LogP contribution is 2.34. The highest BCUT2D eigenvalue weighted by atomic mass is 19.1. The van der Waals surface area contributed by atoms with Crippen molar-refractivity contribution in [1.29, 1.82) is 0 Å². The predicted octanol–water partition coefficient (Wildman–Crippen LogP) is 3.79. The van der Waals surface area contributed by atoms with Crippen molar-refractivity contribution in [2.45, 2.75) is 26.1 Å². The van der Waals surface area contributed by atoms with Crippen molar-refractivity contribution >= 4 is 5.69 Å². The second kappa shape index (κ2) is 7.16. The van der Waals surface area contributed by atoms with E-state index in [9.17, 15) is 14.5 Å². The quantitative estimate of drug-likeness (QED) is 0.609. The molecule has 1 aliphatic heterocycles. The molecular weight excluding hydrogens is 327 g/mol. The summed E-state index contributed by atoms with van der Waals surface area (Å²) in [6, 6.07) is 9.37. The molecule has 0 radical (unpaired) electrons. The van der Waals surface area contributed by atoms with Gasteiger partial charge in [0.25, 0.3) is 5.69 Å². The van der Waals surface area contributed by atoms with Gasteiger partial charge < -0.3 is 9.47 Å². The largest absolute Gasteiger partial charge is 0.467 e. The minimum Gasteiger partial charge on any atom is -0.467 e. The fraction of sp³-hybridized carbons (Fsp3) is 0.333. The number of ether oxygens (including phenoxy) is 2. The van der Waals surface area contributed by atoms with Crippen molar-refractivity contribution in [1.82, 2.24) is 4.90 Å². The molecule has 1 aliphatic rings. The van der Waals surface area contributed by atoms with Gasteiger partial charge in [-0.15, -0.1) is 0 Å². The standard InChI is InChI=1S/C18H19FN2O4/c1-12(13-3-5-16(19)6-4-13)20(2)9-14-7-17(21(22)23)8-15-10-24-11-25-18(14)15/h3-8,12H,9-11H2,1-2H3/t12-/m1/s1. The Morgan fingerprint density at radius 1 is 1.32 bits per heavy atom. The van der Waals surface area contributed by atoms with Crippen LogP contribution in [0.15, 0.2) is 36.4 Å². The Balaban J connectivity index is 1.87. The number of nitro groups is 1. The zero-order valence-corrected chi connectivity index (χ0v) is 14.1. The molecule has 0 spiro atoms. The Morgan fingerprint density at radius 3 is 2.72 bits per heavy atom. The van der Waals surface area contributed by atoms with Crippen molar-refractivity contribution in [2.75, 3.05) is 13.8 Å². The summed E-state index contributed by atoms with van der Waals surface area (Å²) in [4.78, 5) is 12.8. The molecule has 6 nitrogen and oxygen atoms in total. The molecule has 0 saturated heterocycles. The number of nitrogens with zero attached hydrogens (tertiary/aromatic N) is 2. The van der Waals surface area contributed by atoms with Crippen LogP contribution in [-0.4, -0.2) is 23.7 Å². The van der Waals surface area contributed by atoms with Gasteiger partial charge in [0.2, 0.25) is 0 Å². The SMILES string of the molecule is C[C@H](c1ccc(F)cc1)N(C)Cc1cc([N+](=O)[O-])cc2c1OCOC2. The van der Waals surface area contributed by atoms with Gasteiger partial charge in [-0.2, -0.15) is 0 Å². The van der Waals surface area contributed by atoms with E-state index in [4.69, 9.17) is 9.47 Å². The van der Waals surface area contributed by atoms with E-state index in [1.54, 1.807) is 12.1 Å². The Kier molecular flexibility index (Phi) is 4.96. The van der Waals surface area contributed by atoms with Crippen LogP contribution >= 0.6 is 0 Å². The Morgan fingerprint density at radius 2 is 2.04 bits per heavy atom. The maximum Gasteiger partial charge on any atom is 0.270 e. The third kappa shape index (κ3) is 3.78. The van der Waals surface area contributed by atoms with Crippen LogP contribution in [0.3, 0.4) is 0 Å². The maximum absolute atomic E-state index is 13.1. The van der Waals surface area contributed by atoms with Crippen molar-refractivity contribution in [3.63, 3.8) is 0 Å². The molecule has 2 aromatic carbocycles. The van der Waals surface area contributed by atoms with E-state index in [2.05, 4.69) is 0 Å². The monoisotopic (exact) mass is 346 g/mol. The van der Waals surface area contributed by atoms with Crippen LogP contribution in [0.5, 0.6) is 5.75 Å². The zero-order chi connectivity index (χ0) is 18.0. The Hall–Kier alpha value is -2.51. The number of fused-ring (bicyclic) bond motifs is 1. The number of hydrogen-bond acceptors (Lipinski definition) is 5. The van der Waals surface area contributed by atoms with Crippen LogP contribution in [0, 0.1) is 15.9 Å². The molecule has 0 bridgehead atoms. The molecule has 1 atom stereocenters. The van der Waals surface area contributed by atoms with Gasteiger partial charge >= 0.3 is 0 Å². The van der Waals surface area contributed by atoms with Gasteiger partial charge in [-0.3, -0.25) is 15.0 Å². The summed E-state index contributed by atoms with van der Waals surface area (Å²) in [6.45, 7) is 2.89. The molecule has 0 N–H and O–H groups in total. The lowest BCUT2D eigenvalue weighted by Gasteiger charge is -2.27. The van der Waals surface area contributed by atoms with Gasteiger partial charge in [-0.25, -0.2) is 4.39 Å². The first-order chi connectivity index (χ1) is 12.0. The zero-order valence-electron chi connectivity index (χ0n) is 14.1. The predicted molar refractivity (Wildman–Crippen MR) is 89.7 cm³/mol. The lowest BCUT2D eigenvalue weighted by Crippen LogP contribution is -2.23. The molecule has 0 amide bonds. The highest BCUT2D eigenvalue weighted by Gasteiger charge is 2.23. The first kappa shape index (κ1) is 17.3. The molecule has 3 rings (SSSR count). The summed E-state index contributed by atoms with van der Waals surface area (Å²) in [6.07, 6.45) is 0. The molecule has 7 heteroatoms. The van der Waals surface area contributed by atoms with Crippen LogP contribution in [-0.2, 0) is 17.9 Å². The van der Waals surface area contributed by atoms with Gasteiger partial charge in [0.15, 0.2) is 6.79 Å². The molecule has 0 aliphatic carbocycles. The summed E-state index contributed by atoms with van der Waals surface area (Å²) >= 11 is 0. The molecule has 2 aromatic rings. The van der Waals surface area contributed by atoms with E-state index in [1.807, 2.05) is 18.9 Å². The first-order valence-corrected chi connectivity index (χ1v) is 7.92. The number of rotatable bonds is 5. The van der Waals surface area contributed by atoms with Crippen molar-refractivity contribution in [3.8, 4) is 5.75 Å². The van der Waals surface area contributed by atoms with E-state index in [0.717, 1.165) is 11.1 Å². The molecule has 0 saturated carbocycles. The smallest absolute Gasteiger partial charge is 0.270 e. The molecular formula is C18H19FN2O4. The summed E-state index contributed by atoms with van der Waals surface area (Å²) < 4.78 is 23.9. The summed E-state index contributed by atoms with van der Waals surface area (Å²) in [5, 5.41) is 11.2. The minimum absolute atomic E-state index is 0.00959. The van der Waals surface area contributed by atoms with Gasteiger partial charge in [-0.1, -0.05) is 12.1 Å². The Bertz CT molecular complexity index is 779. The fourth-order valence-corrected chi connectivity index (χ4v) is 2.91. The molecule has 0 fully saturated rings. The normalized spacial score (nSPS) is 14.7. The number of nitro benzene ring substituents is 1. The minimum atomic E-state index is -0.415. The topological polar surface area (TPSA) is 64.8 Å².